The van der Waals surface area contributed by atoms with Crippen molar-refractivity contribution < 1.29 is 17.9 Å². The quantitative estimate of drug-likeness (QED) is 0.713. The molecule has 3 aromatic rings. The summed E-state index contributed by atoms with van der Waals surface area (Å²) in [5.41, 5.74) is 1.26. The molecule has 2 heterocycles. The molecule has 0 aliphatic carbocycles. The van der Waals surface area contributed by atoms with Gasteiger partial charge in [0.1, 0.15) is 22.2 Å². The molecule has 0 aliphatic rings. The van der Waals surface area contributed by atoms with Crippen molar-refractivity contribution in [3.63, 3.8) is 0 Å². The molecule has 0 bridgehead atoms. The predicted molar refractivity (Wildman–Crippen MR) is 83.3 cm³/mol. The summed E-state index contributed by atoms with van der Waals surface area (Å²) in [6.45, 7) is 0. The van der Waals surface area contributed by atoms with Crippen molar-refractivity contribution in [1.82, 2.24) is 19.9 Å². The molecule has 120 valence electrons. The molecule has 0 unspecified atom stereocenters. The van der Waals surface area contributed by atoms with Crippen molar-refractivity contribution in [2.45, 2.75) is 4.90 Å². The summed E-state index contributed by atoms with van der Waals surface area (Å²) in [6.07, 6.45) is 3.02. The van der Waals surface area contributed by atoms with Gasteiger partial charge in [0.05, 0.1) is 19.8 Å². The van der Waals surface area contributed by atoms with Gasteiger partial charge in [-0.2, -0.15) is 0 Å². The van der Waals surface area contributed by atoms with Crippen LogP contribution in [0.1, 0.15) is 0 Å². The zero-order valence-corrected chi connectivity index (χ0v) is 13.6. The molecule has 0 atom stereocenters. The Hall–Kier alpha value is -2.39. The van der Waals surface area contributed by atoms with Crippen LogP contribution in [0, 0.1) is 0 Å². The fourth-order valence-electron chi connectivity index (χ4n) is 2.12. The van der Waals surface area contributed by atoms with Crippen LogP contribution in [0.3, 0.4) is 0 Å². The molecule has 0 aliphatic heterocycles. The Kier molecular flexibility index (Phi) is 3.82. The lowest BCUT2D eigenvalue weighted by Crippen LogP contribution is -1.99. The van der Waals surface area contributed by atoms with E-state index >= 15 is 0 Å². The third-order valence-electron chi connectivity index (χ3n) is 3.14. The minimum absolute atomic E-state index is 0.0768. The minimum Gasteiger partial charge on any atom is -0.496 e. The molecule has 0 saturated heterocycles. The number of ether oxygens (including phenoxy) is 2. The number of nitrogens with one attached hydrogen (secondary N) is 1. The van der Waals surface area contributed by atoms with Crippen LogP contribution in [0.25, 0.3) is 22.7 Å². The van der Waals surface area contributed by atoms with Gasteiger partial charge in [0, 0.05) is 29.1 Å². The molecular weight excluding hydrogens is 344 g/mol. The smallest absolute Gasteiger partial charge is 0.265 e. The van der Waals surface area contributed by atoms with Crippen LogP contribution in [-0.2, 0) is 9.05 Å². The van der Waals surface area contributed by atoms with Gasteiger partial charge in [-0.25, -0.2) is 23.4 Å². The van der Waals surface area contributed by atoms with E-state index in [2.05, 4.69) is 19.9 Å². The lowest BCUT2D eigenvalue weighted by atomic mass is 10.2. The van der Waals surface area contributed by atoms with Crippen LogP contribution >= 0.6 is 10.7 Å². The minimum atomic E-state index is -4.01. The highest BCUT2D eigenvalue weighted by atomic mass is 35.7. The number of nitrogens with zero attached hydrogens (tertiary/aromatic N) is 3. The number of rotatable bonds is 4. The molecular formula is C13H11ClN4O4S. The first-order valence-corrected chi connectivity index (χ1v) is 8.62. The van der Waals surface area contributed by atoms with Crippen LogP contribution in [-0.4, -0.2) is 42.6 Å². The molecule has 10 heteroatoms. The van der Waals surface area contributed by atoms with E-state index in [9.17, 15) is 8.42 Å². The molecule has 0 fully saturated rings. The number of hydrogen-bond acceptors (Lipinski definition) is 7. The molecule has 2 aromatic heterocycles. The molecule has 0 amide bonds. The Morgan fingerprint density at radius 3 is 2.39 bits per heavy atom. The maximum atomic E-state index is 11.8. The molecule has 1 N–H and O–H groups in total. The summed E-state index contributed by atoms with van der Waals surface area (Å²) in [5.74, 6) is 0.796. The Morgan fingerprint density at radius 1 is 1.09 bits per heavy atom. The topological polar surface area (TPSA) is 107 Å². The first-order chi connectivity index (χ1) is 10.9. The van der Waals surface area contributed by atoms with E-state index in [0.717, 1.165) is 0 Å². The van der Waals surface area contributed by atoms with Gasteiger partial charge >= 0.3 is 0 Å². The summed E-state index contributed by atoms with van der Waals surface area (Å²) < 4.78 is 33.9. The van der Waals surface area contributed by atoms with Crippen molar-refractivity contribution in [2.75, 3.05) is 14.2 Å². The average Bonchev–Trinajstić information content (AvgIpc) is 2.96. The molecule has 8 nitrogen and oxygen atoms in total. The number of fused-ring (bicyclic) bond motifs is 1. The second kappa shape index (κ2) is 5.67. The SMILES string of the molecule is COc1cc(OC)c(S(=O)(=O)Cl)cc1-c1nc2nccnc2[nH]1. The largest absolute Gasteiger partial charge is 0.496 e. The lowest BCUT2D eigenvalue weighted by molar-refractivity contribution is 0.387. The fraction of sp³-hybridized carbons (Fsp3) is 0.154. The van der Waals surface area contributed by atoms with Crippen molar-refractivity contribution >= 4 is 31.0 Å². The molecule has 23 heavy (non-hydrogen) atoms. The van der Waals surface area contributed by atoms with Gasteiger partial charge in [-0.3, -0.25) is 0 Å². The number of aromatic amines is 1. The van der Waals surface area contributed by atoms with Gasteiger partial charge < -0.3 is 14.5 Å². The van der Waals surface area contributed by atoms with E-state index in [4.69, 9.17) is 20.2 Å². The van der Waals surface area contributed by atoms with Crippen molar-refractivity contribution in [2.24, 2.45) is 0 Å². The molecule has 3 rings (SSSR count). The fourth-order valence-corrected chi connectivity index (χ4v) is 3.12. The Morgan fingerprint density at radius 2 is 1.78 bits per heavy atom. The second-order valence-corrected chi connectivity index (χ2v) is 6.99. The standard InChI is InChI=1S/C13H11ClN4O4S/c1-21-8-6-9(22-2)10(23(14,19)20)5-7(8)11-17-12-13(18-11)16-4-3-15-12/h3-6H,1-2H3,(H,15,16,17,18). The zero-order chi connectivity index (χ0) is 16.6. The molecule has 0 spiro atoms. The van der Waals surface area contributed by atoms with Crippen molar-refractivity contribution in [3.8, 4) is 22.9 Å². The molecule has 1 aromatic carbocycles. The van der Waals surface area contributed by atoms with Crippen molar-refractivity contribution in [3.05, 3.63) is 24.5 Å². The van der Waals surface area contributed by atoms with Gasteiger partial charge in [-0.15, -0.1) is 0 Å². The van der Waals surface area contributed by atoms with Gasteiger partial charge in [0.15, 0.2) is 11.3 Å². The zero-order valence-electron chi connectivity index (χ0n) is 12.1. The number of hydrogen-bond donors (Lipinski definition) is 1. The summed E-state index contributed by atoms with van der Waals surface area (Å²) in [5, 5.41) is 0. The van der Waals surface area contributed by atoms with Gasteiger partial charge in [0.25, 0.3) is 9.05 Å². The number of methoxy groups -OCH3 is 2. The third-order valence-corrected chi connectivity index (χ3v) is 4.48. The van der Waals surface area contributed by atoms with E-state index in [1.165, 1.54) is 38.7 Å². The number of benzene rings is 1. The van der Waals surface area contributed by atoms with E-state index in [-0.39, 0.29) is 10.6 Å². The monoisotopic (exact) mass is 354 g/mol. The van der Waals surface area contributed by atoms with Crippen LogP contribution in [0.2, 0.25) is 0 Å². The van der Waals surface area contributed by atoms with E-state index in [1.54, 1.807) is 0 Å². The number of imidazole rings is 1. The van der Waals surface area contributed by atoms with E-state index in [0.29, 0.717) is 28.4 Å². The summed E-state index contributed by atoms with van der Waals surface area (Å²) in [4.78, 5) is 15.2. The Bertz CT molecular complexity index is 954. The maximum Gasteiger partial charge on any atom is 0.265 e. The Labute approximate surface area is 135 Å². The van der Waals surface area contributed by atoms with E-state index in [1.807, 2.05) is 0 Å². The number of aromatic nitrogens is 4. The molecule has 0 saturated carbocycles. The average molecular weight is 355 g/mol. The first-order valence-electron chi connectivity index (χ1n) is 6.32. The van der Waals surface area contributed by atoms with Crippen LogP contribution in [0.15, 0.2) is 29.4 Å². The lowest BCUT2D eigenvalue weighted by Gasteiger charge is -2.11. The van der Waals surface area contributed by atoms with E-state index < -0.39 is 9.05 Å². The highest BCUT2D eigenvalue weighted by molar-refractivity contribution is 8.13. The first kappa shape index (κ1) is 15.5. The highest BCUT2D eigenvalue weighted by Crippen LogP contribution is 2.38. The number of H-pyrrole nitrogens is 1. The summed E-state index contributed by atoms with van der Waals surface area (Å²) in [7, 11) is 4.25. The second-order valence-electron chi connectivity index (χ2n) is 4.46. The van der Waals surface area contributed by atoms with Crippen LogP contribution < -0.4 is 9.47 Å². The molecule has 0 radical (unpaired) electrons. The van der Waals surface area contributed by atoms with Crippen LogP contribution in [0.4, 0.5) is 0 Å². The summed E-state index contributed by atoms with van der Waals surface area (Å²) in [6, 6.07) is 2.76. The Balaban J connectivity index is 2.29. The normalized spacial score (nSPS) is 11.6. The summed E-state index contributed by atoms with van der Waals surface area (Å²) >= 11 is 0. The van der Waals surface area contributed by atoms with Gasteiger partial charge in [-0.05, 0) is 6.07 Å². The predicted octanol–water partition coefficient (Wildman–Crippen LogP) is 1.96. The van der Waals surface area contributed by atoms with Crippen molar-refractivity contribution in [1.29, 1.82) is 0 Å². The highest BCUT2D eigenvalue weighted by Gasteiger charge is 2.22. The third kappa shape index (κ3) is 2.80. The number of halogens is 1. The maximum absolute atomic E-state index is 11.8. The van der Waals surface area contributed by atoms with Gasteiger partial charge in [-0.1, -0.05) is 0 Å². The van der Waals surface area contributed by atoms with Crippen LogP contribution in [0.5, 0.6) is 11.5 Å². The van der Waals surface area contributed by atoms with Gasteiger partial charge in [0.2, 0.25) is 0 Å².